The molecule has 0 unspecified atom stereocenters. The van der Waals surface area contributed by atoms with Crippen LogP contribution < -0.4 is 5.32 Å². The van der Waals surface area contributed by atoms with Gasteiger partial charge in [0.25, 0.3) is 5.91 Å². The molecule has 32 heavy (non-hydrogen) atoms. The van der Waals surface area contributed by atoms with Crippen molar-refractivity contribution < 1.29 is 26.4 Å². The van der Waals surface area contributed by atoms with Crippen molar-refractivity contribution in [2.75, 3.05) is 44.7 Å². The van der Waals surface area contributed by atoms with Gasteiger partial charge in [0.2, 0.25) is 20.0 Å². The first-order chi connectivity index (χ1) is 15.3. The fourth-order valence-corrected chi connectivity index (χ4v) is 6.63. The van der Waals surface area contributed by atoms with E-state index in [-0.39, 0.29) is 9.79 Å². The van der Waals surface area contributed by atoms with E-state index in [0.29, 0.717) is 50.6 Å². The molecule has 2 aromatic rings. The largest absolute Gasteiger partial charge is 0.379 e. The van der Waals surface area contributed by atoms with Crippen LogP contribution in [-0.4, -0.2) is 70.7 Å². The number of anilines is 1. The van der Waals surface area contributed by atoms with Crippen molar-refractivity contribution >= 4 is 31.6 Å². The number of morpholine rings is 1. The normalized spacial score (nSPS) is 18.5. The molecule has 0 saturated carbocycles. The molecule has 4 rings (SSSR count). The van der Waals surface area contributed by atoms with Crippen LogP contribution in [0.1, 0.15) is 23.2 Å². The van der Waals surface area contributed by atoms with Crippen molar-refractivity contribution in [1.82, 2.24) is 8.61 Å². The molecule has 2 aliphatic heterocycles. The van der Waals surface area contributed by atoms with Crippen LogP contribution >= 0.6 is 0 Å². The van der Waals surface area contributed by atoms with Crippen LogP contribution in [0.4, 0.5) is 5.69 Å². The molecule has 9 nitrogen and oxygen atoms in total. The number of carbonyl (C=O) groups is 1. The zero-order chi connectivity index (χ0) is 22.8. The van der Waals surface area contributed by atoms with Crippen LogP contribution in [0.3, 0.4) is 0 Å². The predicted molar refractivity (Wildman–Crippen MR) is 118 cm³/mol. The van der Waals surface area contributed by atoms with Crippen molar-refractivity contribution in [3.63, 3.8) is 0 Å². The van der Waals surface area contributed by atoms with Crippen molar-refractivity contribution in [3.05, 3.63) is 54.1 Å². The third kappa shape index (κ3) is 4.71. The molecule has 2 fully saturated rings. The number of amides is 1. The number of sulfonamides is 2. The topological polar surface area (TPSA) is 113 Å². The molecule has 11 heteroatoms. The van der Waals surface area contributed by atoms with Gasteiger partial charge in [-0.15, -0.1) is 0 Å². The summed E-state index contributed by atoms with van der Waals surface area (Å²) in [6, 6.07) is 11.7. The van der Waals surface area contributed by atoms with Gasteiger partial charge in [0, 0.05) is 37.4 Å². The zero-order valence-corrected chi connectivity index (χ0v) is 19.1. The average Bonchev–Trinajstić information content (AvgIpc) is 3.36. The van der Waals surface area contributed by atoms with Crippen molar-refractivity contribution in [3.8, 4) is 0 Å². The third-order valence-electron chi connectivity index (χ3n) is 5.54. The van der Waals surface area contributed by atoms with E-state index >= 15 is 0 Å². The first-order valence-corrected chi connectivity index (χ1v) is 13.3. The lowest BCUT2D eigenvalue weighted by Crippen LogP contribution is -2.40. The van der Waals surface area contributed by atoms with Crippen molar-refractivity contribution in [2.45, 2.75) is 22.6 Å². The second-order valence-electron chi connectivity index (χ2n) is 7.63. The number of benzene rings is 2. The van der Waals surface area contributed by atoms with E-state index in [9.17, 15) is 21.6 Å². The van der Waals surface area contributed by atoms with E-state index in [2.05, 4.69) is 5.32 Å². The molecule has 0 radical (unpaired) electrons. The summed E-state index contributed by atoms with van der Waals surface area (Å²) in [5.74, 6) is -0.421. The monoisotopic (exact) mass is 479 g/mol. The summed E-state index contributed by atoms with van der Waals surface area (Å²) < 4.78 is 58.6. The molecule has 2 heterocycles. The fraction of sp³-hybridized carbons (Fsp3) is 0.381. The van der Waals surface area contributed by atoms with Gasteiger partial charge >= 0.3 is 0 Å². The van der Waals surface area contributed by atoms with Crippen LogP contribution in [0.25, 0.3) is 0 Å². The van der Waals surface area contributed by atoms with Gasteiger partial charge in [0.05, 0.1) is 23.0 Å². The Bertz CT molecular complexity index is 1170. The van der Waals surface area contributed by atoms with Gasteiger partial charge in [-0.1, -0.05) is 0 Å². The summed E-state index contributed by atoms with van der Waals surface area (Å²) in [6.45, 7) is 2.37. The van der Waals surface area contributed by atoms with Gasteiger partial charge in [-0.3, -0.25) is 4.79 Å². The smallest absolute Gasteiger partial charge is 0.255 e. The van der Waals surface area contributed by atoms with E-state index in [1.54, 1.807) is 0 Å². The molecule has 2 saturated heterocycles. The number of rotatable bonds is 6. The summed E-state index contributed by atoms with van der Waals surface area (Å²) in [6.07, 6.45) is 1.72. The van der Waals surface area contributed by atoms with Gasteiger partial charge in [-0.25, -0.2) is 16.8 Å². The highest BCUT2D eigenvalue weighted by atomic mass is 32.2. The Hall–Kier alpha value is -2.31. The number of nitrogens with zero attached hydrogens (tertiary/aromatic N) is 2. The Morgan fingerprint density at radius 1 is 0.719 bits per heavy atom. The van der Waals surface area contributed by atoms with Gasteiger partial charge in [0.15, 0.2) is 0 Å². The van der Waals surface area contributed by atoms with Gasteiger partial charge < -0.3 is 10.1 Å². The summed E-state index contributed by atoms with van der Waals surface area (Å²) in [5.41, 5.74) is 0.736. The lowest BCUT2D eigenvalue weighted by molar-refractivity contribution is 0.0730. The van der Waals surface area contributed by atoms with E-state index in [0.717, 1.165) is 12.8 Å². The molecule has 0 aliphatic carbocycles. The lowest BCUT2D eigenvalue weighted by Gasteiger charge is -2.26. The second-order valence-corrected chi connectivity index (χ2v) is 11.5. The van der Waals surface area contributed by atoms with Gasteiger partial charge in [-0.2, -0.15) is 8.61 Å². The molecule has 1 amide bonds. The minimum Gasteiger partial charge on any atom is -0.379 e. The molecule has 0 aromatic heterocycles. The number of nitrogens with one attached hydrogen (secondary N) is 1. The molecular formula is C21H25N3O6S2. The van der Waals surface area contributed by atoms with Crippen LogP contribution in [-0.2, 0) is 24.8 Å². The van der Waals surface area contributed by atoms with E-state index in [4.69, 9.17) is 4.74 Å². The van der Waals surface area contributed by atoms with E-state index < -0.39 is 26.0 Å². The average molecular weight is 480 g/mol. The maximum absolute atomic E-state index is 12.7. The fourth-order valence-electron chi connectivity index (χ4n) is 3.71. The standard InChI is InChI=1S/C21H25N3O6S2/c25-21(17-3-7-19(8-4-17)32(28,29)24-13-15-30-16-14-24)22-18-5-9-20(10-6-18)31(26,27)23-11-1-2-12-23/h3-10H,1-2,11-16H2,(H,22,25). The van der Waals surface area contributed by atoms with Crippen LogP contribution in [0.2, 0.25) is 0 Å². The zero-order valence-electron chi connectivity index (χ0n) is 17.4. The highest BCUT2D eigenvalue weighted by Crippen LogP contribution is 2.23. The molecule has 0 bridgehead atoms. The Balaban J connectivity index is 1.43. The summed E-state index contributed by atoms with van der Waals surface area (Å²) in [7, 11) is -7.14. The van der Waals surface area contributed by atoms with Crippen molar-refractivity contribution in [1.29, 1.82) is 0 Å². The molecule has 172 valence electrons. The first-order valence-electron chi connectivity index (χ1n) is 10.4. The highest BCUT2D eigenvalue weighted by molar-refractivity contribution is 7.89. The quantitative estimate of drug-likeness (QED) is 0.675. The van der Waals surface area contributed by atoms with Crippen molar-refractivity contribution in [2.24, 2.45) is 0 Å². The SMILES string of the molecule is O=C(Nc1ccc(S(=O)(=O)N2CCCC2)cc1)c1ccc(S(=O)(=O)N2CCOCC2)cc1. The predicted octanol–water partition coefficient (Wildman–Crippen LogP) is 1.74. The molecular weight excluding hydrogens is 454 g/mol. The summed E-state index contributed by atoms with van der Waals surface area (Å²) >= 11 is 0. The van der Waals surface area contributed by atoms with Crippen LogP contribution in [0, 0.1) is 0 Å². The Morgan fingerprint density at radius 3 is 1.72 bits per heavy atom. The molecule has 0 spiro atoms. The highest BCUT2D eigenvalue weighted by Gasteiger charge is 2.28. The molecule has 2 aliphatic rings. The van der Waals surface area contributed by atoms with Gasteiger partial charge in [0.1, 0.15) is 0 Å². The van der Waals surface area contributed by atoms with Gasteiger partial charge in [-0.05, 0) is 61.4 Å². The molecule has 1 N–H and O–H groups in total. The second kappa shape index (κ2) is 9.28. The number of hydrogen-bond donors (Lipinski definition) is 1. The van der Waals surface area contributed by atoms with Crippen LogP contribution in [0.15, 0.2) is 58.3 Å². The summed E-state index contributed by atoms with van der Waals surface area (Å²) in [5, 5.41) is 2.70. The molecule has 2 aromatic carbocycles. The Morgan fingerprint density at radius 2 is 1.19 bits per heavy atom. The number of hydrogen-bond acceptors (Lipinski definition) is 6. The third-order valence-corrected chi connectivity index (χ3v) is 9.37. The maximum atomic E-state index is 12.7. The summed E-state index contributed by atoms with van der Waals surface area (Å²) in [4.78, 5) is 12.9. The van der Waals surface area contributed by atoms with Crippen LogP contribution in [0.5, 0.6) is 0 Å². The maximum Gasteiger partial charge on any atom is 0.255 e. The number of carbonyl (C=O) groups excluding carboxylic acids is 1. The minimum absolute atomic E-state index is 0.118. The minimum atomic E-state index is -3.63. The number of ether oxygens (including phenoxy) is 1. The van der Waals surface area contributed by atoms with E-state index in [1.165, 1.54) is 57.1 Å². The lowest BCUT2D eigenvalue weighted by atomic mass is 10.2. The Labute approximate surface area is 188 Å². The first kappa shape index (κ1) is 22.9. The van der Waals surface area contributed by atoms with E-state index in [1.807, 2.05) is 0 Å². The molecule has 0 atom stereocenters. The Kier molecular flexibility index (Phi) is 6.63.